The third-order valence-electron chi connectivity index (χ3n) is 19.9. The number of sulfonamides is 6. The number of hydrogen-bond acceptors (Lipinski definition) is 25. The van der Waals surface area contributed by atoms with Crippen LogP contribution in [0.1, 0.15) is 84.5 Å². The van der Waals surface area contributed by atoms with Crippen LogP contribution in [-0.4, -0.2) is 223 Å². The average molecular weight is 2020 g/mol. The molecule has 31 nitrogen and oxygen atoms in total. The Kier molecular flexibility index (Phi) is 42.8. The summed E-state index contributed by atoms with van der Waals surface area (Å²) in [6.07, 6.45) is 3.54. The first-order valence-electron chi connectivity index (χ1n) is 36.7. The molecule has 0 radical (unpaired) electrons. The van der Waals surface area contributed by atoms with Crippen LogP contribution < -0.4 is 33.6 Å². The molecule has 15 unspecified atom stereocenters. The lowest BCUT2D eigenvalue weighted by Gasteiger charge is -2.29. The van der Waals surface area contributed by atoms with Gasteiger partial charge in [-0.2, -0.15) is 105 Å². The van der Waals surface area contributed by atoms with E-state index in [0.29, 0.717) is 49.9 Å². The highest BCUT2D eigenvalue weighted by molar-refractivity contribution is 7.91. The highest BCUT2D eigenvalue weighted by atomic mass is 32.2. The summed E-state index contributed by atoms with van der Waals surface area (Å²) in [5.74, 6) is -4.44. The van der Waals surface area contributed by atoms with Gasteiger partial charge in [-0.25, -0.2) is 108 Å². The normalized spacial score (nSPS) is 24.7. The lowest BCUT2D eigenvalue weighted by atomic mass is 9.86. The Bertz CT molecular complexity index is 4660. The Labute approximate surface area is 717 Å². The fourth-order valence-electron chi connectivity index (χ4n) is 14.0. The number of allylic oxidation sites excluding steroid dienone is 2. The molecule has 8 bridgehead atoms. The van der Waals surface area contributed by atoms with Crippen molar-refractivity contribution in [3.63, 3.8) is 0 Å². The molecule has 8 aliphatic carbocycles. The van der Waals surface area contributed by atoms with Crippen molar-refractivity contribution >= 4 is 96.0 Å². The minimum atomic E-state index is -5.63. The summed E-state index contributed by atoms with van der Waals surface area (Å²) in [6, 6.07) is 0. The Hall–Kier alpha value is -7.26. The molecule has 8 rings (SSSR count). The maximum atomic E-state index is 12.3. The van der Waals surface area contributed by atoms with Crippen LogP contribution in [0.4, 0.5) is 105 Å². The fourth-order valence-corrected chi connectivity index (χ4v) is 17.4. The van der Waals surface area contributed by atoms with Gasteiger partial charge in [0.25, 0.3) is 0 Å². The van der Waals surface area contributed by atoms with Crippen molar-refractivity contribution < 1.29 is 213 Å². The van der Waals surface area contributed by atoms with E-state index < -0.39 is 192 Å². The Morgan fingerprint density at radius 1 is 0.344 bits per heavy atom. The highest BCUT2D eigenvalue weighted by Crippen LogP contribution is 2.53. The molecule has 0 aromatic carbocycles. The van der Waals surface area contributed by atoms with Gasteiger partial charge in [-0.3, -0.25) is 0 Å². The van der Waals surface area contributed by atoms with Crippen LogP contribution in [0.25, 0.3) is 0 Å². The first-order chi connectivity index (χ1) is 57.8. The van der Waals surface area contributed by atoms with Crippen molar-refractivity contribution in [1.82, 2.24) is 33.6 Å². The number of esters is 6. The van der Waals surface area contributed by atoms with Crippen LogP contribution >= 0.6 is 0 Å². The number of ether oxygens (including phenoxy) is 6. The maximum Gasteiger partial charge on any atom is 0.511 e. The van der Waals surface area contributed by atoms with Crippen molar-refractivity contribution in [1.29, 1.82) is 0 Å². The number of nitrogens with one attached hydrogen (secondary N) is 7. The van der Waals surface area contributed by atoms with Gasteiger partial charge in [-0.15, -0.1) is 0 Å². The minimum absolute atomic E-state index is 0.00660. The summed E-state index contributed by atoms with van der Waals surface area (Å²) in [7, 11) is -30.4. The van der Waals surface area contributed by atoms with E-state index in [4.69, 9.17) is 14.2 Å². The van der Waals surface area contributed by atoms with Crippen LogP contribution in [0.3, 0.4) is 0 Å². The standard InChI is InChI=1S/C13H18F3NO4S.C13H18F3NO2.C12H16F3NO4S.C9H12F3NO2S.C7H7F6NO4S.C7H10F3NO4S.C6H8F3NO4S/c1-7(2)12(18)21-11-5-8-3-9(10(11)4-8)6-17-22(19,20)13(14,15)16;1-7(13(14,15)16)12(18)19-11-5-8-3-9(6-17-2)10(11)4-8;1-2-11(17)20-10-5-7-3-8(9(10)4-7)6-16-21(18,19)12(13,14)15;10-9(11,12)16(14,15)13-5-8-4-6-1-2-7(8)3-6;1-4(6(8,9)10)5(15)18-3-2-14-19(16,17)7(11,12)13;1-5(2)6(12)15-4-3-11-16(13,14)7(8,9)10;1-2-5(11)14-4-3-10-15(12,13)6(7,8)9/h8-11,17H,1,3-6H2,2H3;8-11,17H,1,3-6H2,2H3;2,7-10,16H,1,3-6H2;1-2,6-8,13H,3-5H2;14H,1-3H2;11H,1,3-4H2,2H3;2,10H,1,3-4H2. The number of alkyl halides is 24. The van der Waals surface area contributed by atoms with Crippen molar-refractivity contribution in [3.05, 3.63) is 86.1 Å². The van der Waals surface area contributed by atoms with Crippen LogP contribution in [0.5, 0.6) is 0 Å². The summed E-state index contributed by atoms with van der Waals surface area (Å²) in [5.41, 5.74) is -35.1. The van der Waals surface area contributed by atoms with E-state index in [1.54, 1.807) is 14.2 Å². The number of halogens is 24. The van der Waals surface area contributed by atoms with Gasteiger partial charge in [0, 0.05) is 80.3 Å². The molecule has 8 aliphatic rings. The van der Waals surface area contributed by atoms with Crippen molar-refractivity contribution in [2.45, 2.75) is 148 Å². The summed E-state index contributed by atoms with van der Waals surface area (Å²) in [4.78, 5) is 66.0. The Balaban J connectivity index is 0.000000508. The molecular weight excluding hydrogens is 1940 g/mol. The Morgan fingerprint density at radius 2 is 0.633 bits per heavy atom. The molecule has 128 heavy (non-hydrogen) atoms. The molecule has 0 aliphatic heterocycles. The predicted molar refractivity (Wildman–Crippen MR) is 397 cm³/mol. The van der Waals surface area contributed by atoms with Crippen LogP contribution in [0.15, 0.2) is 86.1 Å². The molecule has 740 valence electrons. The zero-order chi connectivity index (χ0) is 99.3. The molecular formula is C67H89F24N7O24S6. The van der Waals surface area contributed by atoms with Gasteiger partial charge >= 0.3 is 141 Å². The zero-order valence-electron chi connectivity index (χ0n) is 66.9. The van der Waals surface area contributed by atoms with E-state index >= 15 is 0 Å². The number of hydrogen-bond donors (Lipinski definition) is 7. The summed E-state index contributed by atoms with van der Waals surface area (Å²) < 4.78 is 453. The highest BCUT2D eigenvalue weighted by Gasteiger charge is 2.56. The smallest absolute Gasteiger partial charge is 0.461 e. The monoisotopic (exact) mass is 2020 g/mol. The molecule has 0 spiro atoms. The number of carbonyl (C=O) groups excluding carboxylic acids is 6. The quantitative estimate of drug-likeness (QED) is 0.00823. The first-order valence-corrected chi connectivity index (χ1v) is 45.6. The third-order valence-corrected chi connectivity index (χ3v) is 26.9. The Morgan fingerprint density at radius 3 is 0.914 bits per heavy atom. The lowest BCUT2D eigenvalue weighted by Crippen LogP contribution is -2.42. The van der Waals surface area contributed by atoms with Gasteiger partial charge in [-0.05, 0) is 151 Å². The van der Waals surface area contributed by atoms with Crippen molar-refractivity contribution in [3.8, 4) is 0 Å². The summed E-state index contributed by atoms with van der Waals surface area (Å²) >= 11 is 0. The van der Waals surface area contributed by atoms with E-state index in [0.717, 1.165) is 61.9 Å². The van der Waals surface area contributed by atoms with Gasteiger partial charge in [0.05, 0.1) is 0 Å². The van der Waals surface area contributed by atoms with Crippen LogP contribution in [0, 0.1) is 71.0 Å². The molecule has 7 fully saturated rings. The molecule has 15 atom stereocenters. The van der Waals surface area contributed by atoms with E-state index in [-0.39, 0.29) is 102 Å². The maximum absolute atomic E-state index is 12.3. The second-order valence-electron chi connectivity index (χ2n) is 29.2. The van der Waals surface area contributed by atoms with E-state index in [1.165, 1.54) is 23.3 Å². The van der Waals surface area contributed by atoms with E-state index in [9.17, 15) is 185 Å². The van der Waals surface area contributed by atoms with Gasteiger partial charge in [0.2, 0.25) is 0 Å². The van der Waals surface area contributed by atoms with Crippen molar-refractivity contribution in [2.24, 2.45) is 71.0 Å². The predicted octanol–water partition coefficient (Wildman–Crippen LogP) is 9.24. The second kappa shape index (κ2) is 46.9. The molecule has 7 saturated carbocycles. The molecule has 0 aromatic rings. The van der Waals surface area contributed by atoms with Gasteiger partial charge in [0.1, 0.15) is 49.3 Å². The number of rotatable bonds is 32. The second-order valence-corrected chi connectivity index (χ2v) is 39.8. The summed E-state index contributed by atoms with van der Waals surface area (Å²) in [6.45, 7) is 16.8. The zero-order valence-corrected chi connectivity index (χ0v) is 71.8. The van der Waals surface area contributed by atoms with Gasteiger partial charge in [0.15, 0.2) is 0 Å². The first kappa shape index (κ1) is 117. The summed E-state index contributed by atoms with van der Waals surface area (Å²) in [5, 5.41) is 3.08. The van der Waals surface area contributed by atoms with E-state index in [2.05, 4.69) is 65.1 Å². The third kappa shape index (κ3) is 36.4. The largest absolute Gasteiger partial charge is 0.511 e. The SMILES string of the molecule is C=C(C(=O)OC1CC2CC(CNC)C1C2)C(F)(F)F.C=C(C(=O)OCCNS(=O)(=O)C(F)(F)F)C(F)(F)F.C=C(C)C(=O)OC1CC2CC(CNS(=O)(=O)C(F)(F)F)C1C2.C=C(C)C(=O)OCCNS(=O)(=O)C(F)(F)F.C=CC(=O)OC1CC2CC(CNS(=O)(=O)C(F)(F)F)C1C2.C=CC(=O)OCCNS(=O)(=O)C(F)(F)F.O=S(=O)(NCC1CC2C=CC1C2)C(F)(F)F. The fraction of sp³-hybridized carbons (Fsp3) is 0.701. The van der Waals surface area contributed by atoms with E-state index in [1.807, 2.05) is 13.1 Å². The van der Waals surface area contributed by atoms with Crippen molar-refractivity contribution in [2.75, 3.05) is 72.7 Å². The molecule has 0 heterocycles. The molecule has 7 N–H and O–H groups in total. The number of fused-ring (bicyclic) bond motifs is 8. The molecule has 0 saturated heterocycles. The van der Waals surface area contributed by atoms with Crippen LogP contribution in [-0.2, 0) is 117 Å². The minimum Gasteiger partial charge on any atom is -0.461 e. The van der Waals surface area contributed by atoms with Gasteiger partial charge in [-0.1, -0.05) is 51.6 Å². The lowest BCUT2D eigenvalue weighted by molar-refractivity contribution is -0.159. The topological polar surface area (TPSA) is 447 Å². The number of carbonyl (C=O) groups is 6. The van der Waals surface area contributed by atoms with Gasteiger partial charge < -0.3 is 33.7 Å². The molecule has 61 heteroatoms. The molecule has 0 aromatic heterocycles. The van der Waals surface area contributed by atoms with Crippen LogP contribution in [0.2, 0.25) is 0 Å². The average Bonchev–Trinajstić information content (AvgIpc) is 1.64. The molecule has 0 amide bonds.